The number of carbonyl (C=O) groups is 1. The van der Waals surface area contributed by atoms with Gasteiger partial charge in [0.15, 0.2) is 0 Å². The van der Waals surface area contributed by atoms with Crippen LogP contribution in [0.5, 0.6) is 5.75 Å². The number of carboxylic acid groups (broad SMARTS) is 1. The van der Waals surface area contributed by atoms with Gasteiger partial charge in [0.2, 0.25) is 0 Å². The topological polar surface area (TPSA) is 49.8 Å². The van der Waals surface area contributed by atoms with Crippen molar-refractivity contribution in [3.8, 4) is 5.75 Å². The standard InChI is InChI=1S/C25H25NO3/c1-17-8-11-20-16-26(15-19-9-12-21(29-2)13-10-19)22(24(20)23(17)25(27)28)14-18-6-4-3-5-7-18/h3-13,22H,14-16H2,1-2H3,(H,27,28). The van der Waals surface area contributed by atoms with E-state index in [9.17, 15) is 9.90 Å². The van der Waals surface area contributed by atoms with Gasteiger partial charge in [0, 0.05) is 19.1 Å². The monoisotopic (exact) mass is 387 g/mol. The van der Waals surface area contributed by atoms with Crippen LogP contribution in [-0.2, 0) is 19.5 Å². The molecule has 1 aliphatic rings. The number of carboxylic acids is 1. The lowest BCUT2D eigenvalue weighted by molar-refractivity contribution is 0.0692. The van der Waals surface area contributed by atoms with Crippen molar-refractivity contribution in [2.24, 2.45) is 0 Å². The van der Waals surface area contributed by atoms with Gasteiger partial charge in [-0.2, -0.15) is 0 Å². The SMILES string of the molecule is COc1ccc(CN2Cc3ccc(C)c(C(=O)O)c3C2Cc2ccccc2)cc1. The number of aryl methyl sites for hydroxylation is 1. The van der Waals surface area contributed by atoms with Crippen LogP contribution >= 0.6 is 0 Å². The second kappa shape index (κ2) is 8.10. The highest BCUT2D eigenvalue weighted by Crippen LogP contribution is 2.40. The summed E-state index contributed by atoms with van der Waals surface area (Å²) in [6, 6.07) is 22.4. The van der Waals surface area contributed by atoms with Crippen molar-refractivity contribution in [3.63, 3.8) is 0 Å². The molecule has 0 bridgehead atoms. The van der Waals surface area contributed by atoms with E-state index in [1.165, 1.54) is 11.1 Å². The molecular formula is C25H25NO3. The highest BCUT2D eigenvalue weighted by atomic mass is 16.5. The molecule has 0 saturated carbocycles. The van der Waals surface area contributed by atoms with E-state index in [0.717, 1.165) is 42.0 Å². The molecule has 148 valence electrons. The number of hydrogen-bond donors (Lipinski definition) is 1. The van der Waals surface area contributed by atoms with Crippen molar-refractivity contribution in [2.75, 3.05) is 7.11 Å². The Labute approximate surface area is 171 Å². The quantitative estimate of drug-likeness (QED) is 0.647. The predicted molar refractivity (Wildman–Crippen MR) is 113 cm³/mol. The van der Waals surface area contributed by atoms with Crippen molar-refractivity contribution in [1.82, 2.24) is 4.90 Å². The molecule has 0 radical (unpaired) electrons. The molecule has 1 heterocycles. The van der Waals surface area contributed by atoms with Crippen molar-refractivity contribution in [3.05, 3.63) is 100 Å². The van der Waals surface area contributed by atoms with Crippen molar-refractivity contribution >= 4 is 5.97 Å². The smallest absolute Gasteiger partial charge is 0.336 e. The first-order valence-electron chi connectivity index (χ1n) is 9.83. The summed E-state index contributed by atoms with van der Waals surface area (Å²) in [5.41, 5.74) is 5.76. The molecule has 4 heteroatoms. The van der Waals surface area contributed by atoms with Crippen LogP contribution in [0, 0.1) is 6.92 Å². The fraction of sp³-hybridized carbons (Fsp3) is 0.240. The molecule has 0 spiro atoms. The van der Waals surface area contributed by atoms with Crippen LogP contribution in [0.25, 0.3) is 0 Å². The minimum Gasteiger partial charge on any atom is -0.497 e. The van der Waals surface area contributed by atoms with Gasteiger partial charge < -0.3 is 9.84 Å². The summed E-state index contributed by atoms with van der Waals surface area (Å²) >= 11 is 0. The van der Waals surface area contributed by atoms with Crippen molar-refractivity contribution in [2.45, 2.75) is 32.5 Å². The fourth-order valence-electron chi connectivity index (χ4n) is 4.29. The van der Waals surface area contributed by atoms with Gasteiger partial charge in [-0.1, -0.05) is 54.6 Å². The summed E-state index contributed by atoms with van der Waals surface area (Å²) < 4.78 is 5.27. The summed E-state index contributed by atoms with van der Waals surface area (Å²) in [5.74, 6) is -0.00760. The van der Waals surface area contributed by atoms with Crippen molar-refractivity contribution < 1.29 is 14.6 Å². The van der Waals surface area contributed by atoms with Gasteiger partial charge in [0.25, 0.3) is 0 Å². The predicted octanol–water partition coefficient (Wildman–Crippen LogP) is 5.00. The van der Waals surface area contributed by atoms with E-state index >= 15 is 0 Å². The average Bonchev–Trinajstić information content (AvgIpc) is 3.06. The second-order valence-electron chi connectivity index (χ2n) is 7.59. The molecule has 3 aromatic carbocycles. The molecule has 1 N–H and O–H groups in total. The maximum Gasteiger partial charge on any atom is 0.336 e. The number of benzene rings is 3. The molecule has 29 heavy (non-hydrogen) atoms. The zero-order valence-electron chi connectivity index (χ0n) is 16.8. The van der Waals surface area contributed by atoms with Crippen molar-refractivity contribution in [1.29, 1.82) is 0 Å². The first-order valence-corrected chi connectivity index (χ1v) is 9.83. The molecule has 1 atom stereocenters. The number of ether oxygens (including phenoxy) is 1. The summed E-state index contributed by atoms with van der Waals surface area (Å²) in [6.07, 6.45) is 0.785. The summed E-state index contributed by atoms with van der Waals surface area (Å²) in [7, 11) is 1.66. The number of methoxy groups -OCH3 is 1. The Morgan fingerprint density at radius 3 is 2.41 bits per heavy atom. The Balaban J connectivity index is 1.72. The van der Waals surface area contributed by atoms with Gasteiger partial charge in [0.05, 0.1) is 12.7 Å². The third-order valence-electron chi connectivity index (χ3n) is 5.72. The van der Waals surface area contributed by atoms with E-state index in [1.807, 2.05) is 43.3 Å². The van der Waals surface area contributed by atoms with E-state index < -0.39 is 5.97 Å². The molecule has 1 unspecified atom stereocenters. The van der Waals surface area contributed by atoms with E-state index in [1.54, 1.807) is 7.11 Å². The molecule has 0 fully saturated rings. The van der Waals surface area contributed by atoms with Crippen LogP contribution in [0.1, 0.15) is 44.2 Å². The van der Waals surface area contributed by atoms with Gasteiger partial charge in [-0.15, -0.1) is 0 Å². The molecule has 3 aromatic rings. The number of aromatic carboxylic acids is 1. The maximum absolute atomic E-state index is 12.1. The van der Waals surface area contributed by atoms with Gasteiger partial charge in [-0.3, -0.25) is 4.90 Å². The average molecular weight is 387 g/mol. The molecule has 0 saturated heterocycles. The number of nitrogens with zero attached hydrogens (tertiary/aromatic N) is 1. The Morgan fingerprint density at radius 2 is 1.76 bits per heavy atom. The molecule has 0 aliphatic carbocycles. The van der Waals surface area contributed by atoms with E-state index in [4.69, 9.17) is 4.74 Å². The highest BCUT2D eigenvalue weighted by molar-refractivity contribution is 5.92. The third-order valence-corrected chi connectivity index (χ3v) is 5.72. The zero-order valence-corrected chi connectivity index (χ0v) is 16.8. The van der Waals surface area contributed by atoms with Crippen LogP contribution < -0.4 is 4.74 Å². The Kier molecular flexibility index (Phi) is 5.36. The van der Waals surface area contributed by atoms with Crippen LogP contribution in [-0.4, -0.2) is 23.1 Å². The molecule has 0 amide bonds. The largest absolute Gasteiger partial charge is 0.497 e. The van der Waals surface area contributed by atoms with Gasteiger partial charge >= 0.3 is 5.97 Å². The second-order valence-corrected chi connectivity index (χ2v) is 7.59. The lowest BCUT2D eigenvalue weighted by Crippen LogP contribution is -2.24. The summed E-state index contributed by atoms with van der Waals surface area (Å²) in [4.78, 5) is 14.5. The van der Waals surface area contributed by atoms with Gasteiger partial charge in [-0.05, 0) is 53.3 Å². The summed E-state index contributed by atoms with van der Waals surface area (Å²) in [5, 5.41) is 9.91. The molecule has 4 rings (SSSR count). The fourth-order valence-corrected chi connectivity index (χ4v) is 4.29. The first kappa shape index (κ1) is 19.2. The van der Waals surface area contributed by atoms with E-state index in [-0.39, 0.29) is 6.04 Å². The normalized spacial score (nSPS) is 15.9. The number of fused-ring (bicyclic) bond motifs is 1. The lowest BCUT2D eigenvalue weighted by Gasteiger charge is -2.26. The Morgan fingerprint density at radius 1 is 1.03 bits per heavy atom. The number of rotatable bonds is 6. The van der Waals surface area contributed by atoms with Gasteiger partial charge in [0.1, 0.15) is 5.75 Å². The maximum atomic E-state index is 12.1. The minimum absolute atomic E-state index is 0.0282. The lowest BCUT2D eigenvalue weighted by atomic mass is 9.91. The van der Waals surface area contributed by atoms with Crippen LogP contribution in [0.15, 0.2) is 66.7 Å². The van der Waals surface area contributed by atoms with Crippen LogP contribution in [0.2, 0.25) is 0 Å². The molecule has 4 nitrogen and oxygen atoms in total. The Bertz CT molecular complexity index is 1010. The first-order chi connectivity index (χ1) is 14.1. The van der Waals surface area contributed by atoms with E-state index in [0.29, 0.717) is 5.56 Å². The highest BCUT2D eigenvalue weighted by Gasteiger charge is 2.34. The van der Waals surface area contributed by atoms with Gasteiger partial charge in [-0.25, -0.2) is 4.79 Å². The third kappa shape index (κ3) is 3.89. The number of hydrogen-bond acceptors (Lipinski definition) is 3. The summed E-state index contributed by atoms with van der Waals surface area (Å²) in [6.45, 7) is 3.39. The molecule has 1 aliphatic heterocycles. The molecule has 0 aromatic heterocycles. The zero-order chi connectivity index (χ0) is 20.4. The van der Waals surface area contributed by atoms with E-state index in [2.05, 4.69) is 35.2 Å². The minimum atomic E-state index is -0.844. The van der Waals surface area contributed by atoms with Crippen LogP contribution in [0.3, 0.4) is 0 Å². The Hall–Kier alpha value is -3.11. The van der Waals surface area contributed by atoms with Crippen LogP contribution in [0.4, 0.5) is 0 Å². The molecular weight excluding hydrogens is 362 g/mol.